The molecule has 0 unspecified atom stereocenters. The summed E-state index contributed by atoms with van der Waals surface area (Å²) in [6.45, 7) is 2.84. The van der Waals surface area contributed by atoms with Crippen LogP contribution in [0, 0.1) is 5.82 Å². The van der Waals surface area contributed by atoms with Crippen molar-refractivity contribution in [1.82, 2.24) is 5.32 Å². The number of ether oxygens (including phenoxy) is 1. The minimum atomic E-state index is -0.289. The molecule has 4 heteroatoms. The number of hydrogen-bond acceptors (Lipinski definition) is 3. The number of halogens is 1. The lowest BCUT2D eigenvalue weighted by atomic mass is 10.2. The third kappa shape index (κ3) is 5.12. The third-order valence-electron chi connectivity index (χ3n) is 1.80. The predicted octanol–water partition coefficient (Wildman–Crippen LogP) is 1.48. The molecule has 0 radical (unpaired) electrons. The first kappa shape index (κ1) is 11.7. The van der Waals surface area contributed by atoms with E-state index in [-0.39, 0.29) is 11.8 Å². The first-order valence-electron chi connectivity index (χ1n) is 4.77. The van der Waals surface area contributed by atoms with Crippen molar-refractivity contribution in [2.24, 2.45) is 0 Å². The summed E-state index contributed by atoms with van der Waals surface area (Å²) in [5.41, 5.74) is 0.873. The van der Waals surface area contributed by atoms with Gasteiger partial charge in [-0.25, -0.2) is 4.39 Å². The van der Waals surface area contributed by atoms with Crippen LogP contribution in [0.25, 0.3) is 0 Å². The van der Waals surface area contributed by atoms with E-state index in [9.17, 15) is 9.18 Å². The second-order valence-electron chi connectivity index (χ2n) is 3.15. The van der Waals surface area contributed by atoms with Crippen molar-refractivity contribution in [2.75, 3.05) is 13.2 Å². The van der Waals surface area contributed by atoms with E-state index in [4.69, 9.17) is 4.74 Å². The van der Waals surface area contributed by atoms with E-state index >= 15 is 0 Å². The van der Waals surface area contributed by atoms with Crippen LogP contribution in [0.3, 0.4) is 0 Å². The van der Waals surface area contributed by atoms with Crippen LogP contribution in [-0.2, 0) is 16.1 Å². The number of hydrogen-bond donors (Lipinski definition) is 1. The highest BCUT2D eigenvalue weighted by molar-refractivity contribution is 5.65. The summed E-state index contributed by atoms with van der Waals surface area (Å²) in [7, 11) is 0. The number of esters is 1. The average Bonchev–Trinajstić information content (AvgIpc) is 2.17. The van der Waals surface area contributed by atoms with Gasteiger partial charge in [0.25, 0.3) is 0 Å². The van der Waals surface area contributed by atoms with Crippen molar-refractivity contribution in [3.05, 3.63) is 35.6 Å². The van der Waals surface area contributed by atoms with Crippen molar-refractivity contribution in [3.63, 3.8) is 0 Å². The Labute approximate surface area is 88.2 Å². The summed E-state index contributed by atoms with van der Waals surface area (Å²) in [4.78, 5) is 10.4. The van der Waals surface area contributed by atoms with Crippen LogP contribution in [0.4, 0.5) is 4.39 Å². The third-order valence-corrected chi connectivity index (χ3v) is 1.80. The molecular weight excluding hydrogens is 197 g/mol. The van der Waals surface area contributed by atoms with E-state index in [1.54, 1.807) is 6.07 Å². The fourth-order valence-electron chi connectivity index (χ4n) is 1.15. The van der Waals surface area contributed by atoms with Crippen LogP contribution in [-0.4, -0.2) is 19.1 Å². The Morgan fingerprint density at radius 2 is 2.33 bits per heavy atom. The summed E-state index contributed by atoms with van der Waals surface area (Å²) in [5.74, 6) is -0.531. The Balaban J connectivity index is 2.17. The van der Waals surface area contributed by atoms with Gasteiger partial charge in [0.1, 0.15) is 12.4 Å². The van der Waals surface area contributed by atoms with Crippen molar-refractivity contribution >= 4 is 5.97 Å². The van der Waals surface area contributed by atoms with Gasteiger partial charge in [-0.05, 0) is 17.7 Å². The Kier molecular flexibility index (Phi) is 4.77. The van der Waals surface area contributed by atoms with Gasteiger partial charge in [0, 0.05) is 20.0 Å². The Morgan fingerprint density at radius 3 is 3.00 bits per heavy atom. The molecule has 1 aromatic carbocycles. The van der Waals surface area contributed by atoms with E-state index < -0.39 is 0 Å². The minimum Gasteiger partial charge on any atom is -0.465 e. The molecule has 1 rings (SSSR count). The lowest BCUT2D eigenvalue weighted by Crippen LogP contribution is -2.20. The second kappa shape index (κ2) is 6.14. The van der Waals surface area contributed by atoms with Gasteiger partial charge in [-0.2, -0.15) is 0 Å². The fraction of sp³-hybridized carbons (Fsp3) is 0.364. The lowest BCUT2D eigenvalue weighted by Gasteiger charge is -2.05. The molecule has 3 nitrogen and oxygen atoms in total. The molecule has 0 aliphatic rings. The molecule has 15 heavy (non-hydrogen) atoms. The fourth-order valence-corrected chi connectivity index (χ4v) is 1.15. The highest BCUT2D eigenvalue weighted by atomic mass is 19.1. The van der Waals surface area contributed by atoms with Crippen LogP contribution >= 0.6 is 0 Å². The topological polar surface area (TPSA) is 38.3 Å². The van der Waals surface area contributed by atoms with Crippen LogP contribution in [0.5, 0.6) is 0 Å². The maximum atomic E-state index is 12.8. The predicted molar refractivity (Wildman–Crippen MR) is 54.7 cm³/mol. The Hall–Kier alpha value is -1.42. The second-order valence-corrected chi connectivity index (χ2v) is 3.15. The average molecular weight is 211 g/mol. The largest absolute Gasteiger partial charge is 0.465 e. The van der Waals surface area contributed by atoms with Crippen molar-refractivity contribution in [3.8, 4) is 0 Å². The molecule has 0 saturated heterocycles. The smallest absolute Gasteiger partial charge is 0.302 e. The zero-order valence-electron chi connectivity index (χ0n) is 8.63. The highest BCUT2D eigenvalue weighted by Crippen LogP contribution is 2.02. The van der Waals surface area contributed by atoms with Gasteiger partial charge in [0.15, 0.2) is 0 Å². The quantitative estimate of drug-likeness (QED) is 0.592. The van der Waals surface area contributed by atoms with Gasteiger partial charge in [0.05, 0.1) is 0 Å². The number of rotatable bonds is 5. The van der Waals surface area contributed by atoms with Crippen LogP contribution in [0.15, 0.2) is 24.3 Å². The van der Waals surface area contributed by atoms with Crippen molar-refractivity contribution in [1.29, 1.82) is 0 Å². The molecular formula is C11H14FNO2. The van der Waals surface area contributed by atoms with E-state index in [1.807, 2.05) is 6.07 Å². The van der Waals surface area contributed by atoms with E-state index in [0.29, 0.717) is 19.7 Å². The molecule has 0 aromatic heterocycles. The first-order valence-corrected chi connectivity index (χ1v) is 4.77. The summed E-state index contributed by atoms with van der Waals surface area (Å²) in [5, 5.41) is 3.04. The molecule has 0 atom stereocenters. The number of nitrogens with one attached hydrogen (secondary N) is 1. The standard InChI is InChI=1S/C11H14FNO2/c1-9(14)15-6-5-13-8-10-3-2-4-11(12)7-10/h2-4,7,13H,5-6,8H2,1H3. The summed E-state index contributed by atoms with van der Waals surface area (Å²) in [6.07, 6.45) is 0. The number of carbonyl (C=O) groups is 1. The Morgan fingerprint density at radius 1 is 1.53 bits per heavy atom. The molecule has 82 valence electrons. The minimum absolute atomic E-state index is 0.241. The van der Waals surface area contributed by atoms with Gasteiger partial charge < -0.3 is 10.1 Å². The Bertz CT molecular complexity index is 328. The normalized spacial score (nSPS) is 10.0. The maximum absolute atomic E-state index is 12.8. The summed E-state index contributed by atoms with van der Waals surface area (Å²) in [6, 6.07) is 6.38. The zero-order chi connectivity index (χ0) is 11.1. The highest BCUT2D eigenvalue weighted by Gasteiger charge is 1.95. The van der Waals surface area contributed by atoms with Crippen LogP contribution in [0.1, 0.15) is 12.5 Å². The van der Waals surface area contributed by atoms with Gasteiger partial charge >= 0.3 is 5.97 Å². The summed E-state index contributed by atoms with van der Waals surface area (Å²) >= 11 is 0. The zero-order valence-corrected chi connectivity index (χ0v) is 8.63. The van der Waals surface area contributed by atoms with Crippen molar-refractivity contribution < 1.29 is 13.9 Å². The van der Waals surface area contributed by atoms with E-state index in [2.05, 4.69) is 5.32 Å². The molecule has 0 saturated carbocycles. The van der Waals surface area contributed by atoms with E-state index in [0.717, 1.165) is 5.56 Å². The molecule has 1 N–H and O–H groups in total. The maximum Gasteiger partial charge on any atom is 0.302 e. The molecule has 0 aliphatic heterocycles. The van der Waals surface area contributed by atoms with Crippen molar-refractivity contribution in [2.45, 2.75) is 13.5 Å². The molecule has 0 bridgehead atoms. The van der Waals surface area contributed by atoms with Crippen LogP contribution in [0.2, 0.25) is 0 Å². The molecule has 0 heterocycles. The van der Waals surface area contributed by atoms with E-state index in [1.165, 1.54) is 19.1 Å². The van der Waals surface area contributed by atoms with Crippen LogP contribution < -0.4 is 5.32 Å². The molecule has 0 spiro atoms. The first-order chi connectivity index (χ1) is 7.18. The number of benzene rings is 1. The monoisotopic (exact) mass is 211 g/mol. The lowest BCUT2D eigenvalue weighted by molar-refractivity contribution is -0.140. The SMILES string of the molecule is CC(=O)OCCNCc1cccc(F)c1. The molecule has 0 aliphatic carbocycles. The molecule has 1 aromatic rings. The summed E-state index contributed by atoms with van der Waals surface area (Å²) < 4.78 is 17.5. The number of carbonyl (C=O) groups excluding carboxylic acids is 1. The molecule has 0 fully saturated rings. The van der Waals surface area contributed by atoms with Gasteiger partial charge in [-0.3, -0.25) is 4.79 Å². The molecule has 0 amide bonds. The van der Waals surface area contributed by atoms with Gasteiger partial charge in [0.2, 0.25) is 0 Å². The van der Waals surface area contributed by atoms with Gasteiger partial charge in [-0.15, -0.1) is 0 Å². The van der Waals surface area contributed by atoms with Gasteiger partial charge in [-0.1, -0.05) is 12.1 Å².